The first-order chi connectivity index (χ1) is 11.1. The Morgan fingerprint density at radius 3 is 2.52 bits per heavy atom. The highest BCUT2D eigenvalue weighted by atomic mass is 35.5. The third-order valence-electron chi connectivity index (χ3n) is 3.45. The maximum Gasteiger partial charge on any atom is 0.228 e. The van der Waals surface area contributed by atoms with Crippen molar-refractivity contribution in [3.05, 3.63) is 64.9 Å². The first-order valence-electron chi connectivity index (χ1n) is 7.20. The number of fused-ring (bicyclic) bond motifs is 1. The van der Waals surface area contributed by atoms with Crippen molar-refractivity contribution in [1.82, 2.24) is 0 Å². The van der Waals surface area contributed by atoms with Gasteiger partial charge in [0, 0.05) is 28.1 Å². The molecule has 0 saturated heterocycles. The normalized spacial score (nSPS) is 10.7. The van der Waals surface area contributed by atoms with Crippen molar-refractivity contribution in [3.8, 4) is 0 Å². The summed E-state index contributed by atoms with van der Waals surface area (Å²) in [6.45, 7) is 1.78. The van der Waals surface area contributed by atoms with E-state index in [1.165, 1.54) is 0 Å². The molecule has 0 atom stereocenters. The summed E-state index contributed by atoms with van der Waals surface area (Å²) in [6, 6.07) is 13.6. The van der Waals surface area contributed by atoms with Crippen LogP contribution >= 0.6 is 11.6 Å². The van der Waals surface area contributed by atoms with Gasteiger partial charge in [0.05, 0.1) is 0 Å². The van der Waals surface area contributed by atoms with Crippen molar-refractivity contribution in [2.75, 3.05) is 5.32 Å². The Kier molecular flexibility index (Phi) is 4.17. The van der Waals surface area contributed by atoms with Gasteiger partial charge in [0.2, 0.25) is 11.7 Å². The zero-order valence-corrected chi connectivity index (χ0v) is 13.2. The monoisotopic (exact) mass is 327 g/mol. The van der Waals surface area contributed by atoms with Gasteiger partial charge in [-0.05, 0) is 48.5 Å². The van der Waals surface area contributed by atoms with Gasteiger partial charge in [0.15, 0.2) is 5.76 Å². The third kappa shape index (κ3) is 3.27. The summed E-state index contributed by atoms with van der Waals surface area (Å²) >= 11 is 5.93. The van der Waals surface area contributed by atoms with E-state index in [2.05, 4.69) is 5.32 Å². The highest BCUT2D eigenvalue weighted by Crippen LogP contribution is 2.25. The number of benzene rings is 2. The zero-order chi connectivity index (χ0) is 16.4. The molecule has 0 bridgehead atoms. The molecule has 0 saturated carbocycles. The molecule has 0 unspecified atom stereocenters. The Balaban J connectivity index is 1.85. The molecule has 4 nitrogen and oxygen atoms in total. The molecule has 2 aromatic carbocycles. The molecule has 0 aliphatic rings. The highest BCUT2D eigenvalue weighted by Gasteiger charge is 2.15. The van der Waals surface area contributed by atoms with Gasteiger partial charge >= 0.3 is 0 Å². The summed E-state index contributed by atoms with van der Waals surface area (Å²) < 4.78 is 5.57. The van der Waals surface area contributed by atoms with Gasteiger partial charge in [-0.2, -0.15) is 0 Å². The summed E-state index contributed by atoms with van der Waals surface area (Å²) in [5, 5.41) is 4.11. The SMILES string of the molecule is CCC(=O)Nc1ccc(C(=O)c2cc3cc(Cl)ccc3o2)cc1. The number of furan rings is 1. The van der Waals surface area contributed by atoms with Crippen LogP contribution in [0.1, 0.15) is 29.5 Å². The fraction of sp³-hybridized carbons (Fsp3) is 0.111. The first kappa shape index (κ1) is 15.3. The standard InChI is InChI=1S/C18H14ClNO3/c1-2-17(21)20-14-6-3-11(4-7-14)18(22)16-10-12-9-13(19)5-8-15(12)23-16/h3-10H,2H2,1H3,(H,20,21). The van der Waals surface area contributed by atoms with E-state index < -0.39 is 0 Å². The number of rotatable bonds is 4. The molecule has 116 valence electrons. The van der Waals surface area contributed by atoms with E-state index in [1.54, 1.807) is 55.5 Å². The van der Waals surface area contributed by atoms with Crippen LogP contribution in [-0.2, 0) is 4.79 Å². The van der Waals surface area contributed by atoms with Gasteiger partial charge in [-0.25, -0.2) is 0 Å². The van der Waals surface area contributed by atoms with Crippen LogP contribution in [0.25, 0.3) is 11.0 Å². The van der Waals surface area contributed by atoms with Crippen LogP contribution in [0.3, 0.4) is 0 Å². The van der Waals surface area contributed by atoms with Crippen LogP contribution in [0.4, 0.5) is 5.69 Å². The van der Waals surface area contributed by atoms with Crippen molar-refractivity contribution in [3.63, 3.8) is 0 Å². The topological polar surface area (TPSA) is 59.3 Å². The predicted octanol–water partition coefficient (Wildman–Crippen LogP) is 4.67. The molecule has 0 aliphatic heterocycles. The van der Waals surface area contributed by atoms with Crippen molar-refractivity contribution in [2.45, 2.75) is 13.3 Å². The van der Waals surface area contributed by atoms with Crippen molar-refractivity contribution in [2.24, 2.45) is 0 Å². The molecule has 0 fully saturated rings. The number of nitrogens with one attached hydrogen (secondary N) is 1. The molecule has 1 amide bonds. The quantitative estimate of drug-likeness (QED) is 0.709. The Labute approximate surface area is 138 Å². The average molecular weight is 328 g/mol. The summed E-state index contributed by atoms with van der Waals surface area (Å²) in [5.41, 5.74) is 1.76. The van der Waals surface area contributed by atoms with E-state index in [0.717, 1.165) is 5.39 Å². The summed E-state index contributed by atoms with van der Waals surface area (Å²) in [5.74, 6) is -0.0310. The van der Waals surface area contributed by atoms with Gasteiger partial charge in [-0.1, -0.05) is 18.5 Å². The second-order valence-electron chi connectivity index (χ2n) is 5.10. The third-order valence-corrected chi connectivity index (χ3v) is 3.69. The largest absolute Gasteiger partial charge is 0.453 e. The van der Waals surface area contributed by atoms with Gasteiger partial charge in [-0.15, -0.1) is 0 Å². The molecule has 1 aromatic heterocycles. The fourth-order valence-corrected chi connectivity index (χ4v) is 2.40. The van der Waals surface area contributed by atoms with Crippen molar-refractivity contribution < 1.29 is 14.0 Å². The lowest BCUT2D eigenvalue weighted by molar-refractivity contribution is -0.115. The predicted molar refractivity (Wildman–Crippen MR) is 90.0 cm³/mol. The molecular weight excluding hydrogens is 314 g/mol. The molecule has 1 heterocycles. The zero-order valence-electron chi connectivity index (χ0n) is 12.4. The second-order valence-corrected chi connectivity index (χ2v) is 5.54. The summed E-state index contributed by atoms with van der Waals surface area (Å²) in [4.78, 5) is 23.8. The Morgan fingerprint density at radius 1 is 1.09 bits per heavy atom. The molecule has 0 aliphatic carbocycles. The van der Waals surface area contributed by atoms with Crippen LogP contribution in [0.2, 0.25) is 5.02 Å². The number of carbonyl (C=O) groups is 2. The molecular formula is C18H14ClNO3. The van der Waals surface area contributed by atoms with E-state index in [-0.39, 0.29) is 17.5 Å². The highest BCUT2D eigenvalue weighted by molar-refractivity contribution is 6.31. The van der Waals surface area contributed by atoms with E-state index >= 15 is 0 Å². The lowest BCUT2D eigenvalue weighted by Gasteiger charge is -2.04. The van der Waals surface area contributed by atoms with Gasteiger partial charge in [0.25, 0.3) is 0 Å². The first-order valence-corrected chi connectivity index (χ1v) is 7.58. The number of carbonyl (C=O) groups excluding carboxylic acids is 2. The minimum Gasteiger partial charge on any atom is -0.453 e. The molecule has 0 radical (unpaired) electrons. The van der Waals surface area contributed by atoms with Gasteiger partial charge < -0.3 is 9.73 Å². The van der Waals surface area contributed by atoms with E-state index in [1.807, 2.05) is 0 Å². The lowest BCUT2D eigenvalue weighted by atomic mass is 10.1. The maximum absolute atomic E-state index is 12.5. The number of hydrogen-bond acceptors (Lipinski definition) is 3. The van der Waals surface area contributed by atoms with Crippen LogP contribution in [0, 0.1) is 0 Å². The van der Waals surface area contributed by atoms with Gasteiger partial charge in [-0.3, -0.25) is 9.59 Å². The number of hydrogen-bond donors (Lipinski definition) is 1. The Bertz CT molecular complexity index is 881. The Hall–Kier alpha value is -2.59. The lowest BCUT2D eigenvalue weighted by Crippen LogP contribution is -2.09. The summed E-state index contributed by atoms with van der Waals surface area (Å²) in [7, 11) is 0. The molecule has 1 N–H and O–H groups in total. The van der Waals surface area contributed by atoms with Crippen LogP contribution in [0.15, 0.2) is 52.9 Å². The molecule has 23 heavy (non-hydrogen) atoms. The average Bonchev–Trinajstić information content (AvgIpc) is 2.97. The van der Waals surface area contributed by atoms with E-state index in [9.17, 15) is 9.59 Å². The number of amides is 1. The fourth-order valence-electron chi connectivity index (χ4n) is 2.22. The minimum absolute atomic E-state index is 0.0711. The minimum atomic E-state index is -0.217. The molecule has 5 heteroatoms. The second kappa shape index (κ2) is 6.26. The molecule has 0 spiro atoms. The molecule has 3 aromatic rings. The van der Waals surface area contributed by atoms with E-state index in [4.69, 9.17) is 16.0 Å². The number of ketones is 1. The smallest absolute Gasteiger partial charge is 0.228 e. The van der Waals surface area contributed by atoms with Crippen LogP contribution in [-0.4, -0.2) is 11.7 Å². The van der Waals surface area contributed by atoms with Crippen LogP contribution in [0.5, 0.6) is 0 Å². The summed E-state index contributed by atoms with van der Waals surface area (Å²) in [6.07, 6.45) is 0.405. The van der Waals surface area contributed by atoms with Crippen molar-refractivity contribution in [1.29, 1.82) is 0 Å². The number of anilines is 1. The van der Waals surface area contributed by atoms with Gasteiger partial charge in [0.1, 0.15) is 5.58 Å². The number of halogens is 1. The maximum atomic E-state index is 12.5. The van der Waals surface area contributed by atoms with E-state index in [0.29, 0.717) is 28.3 Å². The van der Waals surface area contributed by atoms with Crippen LogP contribution < -0.4 is 5.32 Å². The Morgan fingerprint density at radius 2 is 1.83 bits per heavy atom. The molecule has 3 rings (SSSR count). The van der Waals surface area contributed by atoms with Crippen molar-refractivity contribution >= 4 is 39.9 Å².